The van der Waals surface area contributed by atoms with Crippen LogP contribution in [0.15, 0.2) is 18.2 Å². The molecule has 0 atom stereocenters. The second-order valence-electron chi connectivity index (χ2n) is 4.49. The van der Waals surface area contributed by atoms with Crippen LogP contribution in [0.4, 0.5) is 5.69 Å². The third kappa shape index (κ3) is 3.01. The van der Waals surface area contributed by atoms with E-state index < -0.39 is 0 Å². The molecule has 2 rings (SSSR count). The normalized spacial score (nSPS) is 14.1. The minimum absolute atomic E-state index is 0.0447. The van der Waals surface area contributed by atoms with E-state index in [2.05, 4.69) is 5.32 Å². The Morgan fingerprint density at radius 1 is 1.56 bits per heavy atom. The van der Waals surface area contributed by atoms with Crippen molar-refractivity contribution in [3.63, 3.8) is 0 Å². The number of nitrogens with zero attached hydrogens (tertiary/aromatic N) is 1. The van der Waals surface area contributed by atoms with E-state index in [1.165, 1.54) is 0 Å². The quantitative estimate of drug-likeness (QED) is 0.828. The molecule has 1 saturated carbocycles. The van der Waals surface area contributed by atoms with Gasteiger partial charge < -0.3 is 10.2 Å². The fourth-order valence-electron chi connectivity index (χ4n) is 1.83. The van der Waals surface area contributed by atoms with Gasteiger partial charge in [-0.1, -0.05) is 17.7 Å². The Kier molecular flexibility index (Phi) is 3.87. The van der Waals surface area contributed by atoms with Gasteiger partial charge in [-0.05, 0) is 25.0 Å². The van der Waals surface area contributed by atoms with E-state index in [4.69, 9.17) is 11.6 Å². The number of carbonyl (C=O) groups excluding carboxylic acids is 2. The Balaban J connectivity index is 2.09. The minimum atomic E-state index is -0.0447. The number of para-hydroxylation sites is 1. The molecule has 0 bridgehead atoms. The van der Waals surface area contributed by atoms with Gasteiger partial charge in [-0.3, -0.25) is 9.59 Å². The standard InChI is InChI=1S/C13H15ClN2O2/c1-16(7-12(18)15-10-5-6-10)13-9(8-17)3-2-4-11(13)14/h2-4,8,10H,5-7H2,1H3,(H,15,18). The number of likely N-dealkylation sites (N-methyl/N-ethyl adjacent to an activating group) is 1. The van der Waals surface area contributed by atoms with Crippen molar-refractivity contribution in [2.24, 2.45) is 0 Å². The van der Waals surface area contributed by atoms with Crippen molar-refractivity contribution in [1.29, 1.82) is 0 Å². The van der Waals surface area contributed by atoms with Crippen molar-refractivity contribution in [2.45, 2.75) is 18.9 Å². The maximum absolute atomic E-state index is 11.7. The molecule has 5 heteroatoms. The number of amides is 1. The highest BCUT2D eigenvalue weighted by Crippen LogP contribution is 2.28. The smallest absolute Gasteiger partial charge is 0.239 e. The summed E-state index contributed by atoms with van der Waals surface area (Å²) in [6, 6.07) is 5.44. The lowest BCUT2D eigenvalue weighted by Gasteiger charge is -2.21. The van der Waals surface area contributed by atoms with Crippen LogP contribution in [0, 0.1) is 0 Å². The van der Waals surface area contributed by atoms with Gasteiger partial charge in [0, 0.05) is 18.7 Å². The van der Waals surface area contributed by atoms with E-state index in [-0.39, 0.29) is 12.5 Å². The van der Waals surface area contributed by atoms with E-state index in [1.807, 2.05) is 0 Å². The highest BCUT2D eigenvalue weighted by molar-refractivity contribution is 6.34. The van der Waals surface area contributed by atoms with Crippen molar-refractivity contribution in [3.05, 3.63) is 28.8 Å². The highest BCUT2D eigenvalue weighted by Gasteiger charge is 2.24. The molecule has 0 aromatic heterocycles. The number of aldehydes is 1. The number of carbonyl (C=O) groups is 2. The monoisotopic (exact) mass is 266 g/mol. The molecule has 0 heterocycles. The van der Waals surface area contributed by atoms with Gasteiger partial charge in [-0.2, -0.15) is 0 Å². The van der Waals surface area contributed by atoms with Crippen molar-refractivity contribution in [1.82, 2.24) is 5.32 Å². The third-order valence-corrected chi connectivity index (χ3v) is 3.15. The van der Waals surface area contributed by atoms with Gasteiger partial charge in [0.25, 0.3) is 0 Å². The molecule has 1 N–H and O–H groups in total. The Hall–Kier alpha value is -1.55. The van der Waals surface area contributed by atoms with Crippen LogP contribution in [-0.2, 0) is 4.79 Å². The van der Waals surface area contributed by atoms with E-state index in [1.54, 1.807) is 30.1 Å². The second-order valence-corrected chi connectivity index (χ2v) is 4.90. The van der Waals surface area contributed by atoms with E-state index in [9.17, 15) is 9.59 Å². The van der Waals surface area contributed by atoms with Gasteiger partial charge in [0.15, 0.2) is 6.29 Å². The molecule has 0 radical (unpaired) electrons. The van der Waals surface area contributed by atoms with Crippen LogP contribution in [0.2, 0.25) is 5.02 Å². The van der Waals surface area contributed by atoms with Crippen molar-refractivity contribution >= 4 is 29.5 Å². The highest BCUT2D eigenvalue weighted by atomic mass is 35.5. The first-order valence-electron chi connectivity index (χ1n) is 5.86. The molecular formula is C13H15ClN2O2. The molecular weight excluding hydrogens is 252 g/mol. The molecule has 1 aromatic rings. The third-order valence-electron chi connectivity index (χ3n) is 2.85. The van der Waals surface area contributed by atoms with E-state index >= 15 is 0 Å². The van der Waals surface area contributed by atoms with Gasteiger partial charge in [0.2, 0.25) is 5.91 Å². The largest absolute Gasteiger partial charge is 0.364 e. The maximum Gasteiger partial charge on any atom is 0.239 e. The number of anilines is 1. The molecule has 96 valence electrons. The van der Waals surface area contributed by atoms with Gasteiger partial charge in [-0.25, -0.2) is 0 Å². The number of hydrogen-bond acceptors (Lipinski definition) is 3. The number of hydrogen-bond donors (Lipinski definition) is 1. The van der Waals surface area contributed by atoms with Crippen LogP contribution in [-0.4, -0.2) is 31.8 Å². The van der Waals surface area contributed by atoms with Crippen LogP contribution in [0.1, 0.15) is 23.2 Å². The molecule has 1 aromatic carbocycles. The lowest BCUT2D eigenvalue weighted by atomic mass is 10.2. The van der Waals surface area contributed by atoms with E-state index in [0.29, 0.717) is 22.3 Å². The van der Waals surface area contributed by atoms with Crippen molar-refractivity contribution < 1.29 is 9.59 Å². The first-order chi connectivity index (χ1) is 8.61. The lowest BCUT2D eigenvalue weighted by molar-refractivity contribution is -0.119. The number of halogens is 1. The summed E-state index contributed by atoms with van der Waals surface area (Å²) in [7, 11) is 1.75. The average molecular weight is 267 g/mol. The summed E-state index contributed by atoms with van der Waals surface area (Å²) in [5.74, 6) is -0.0447. The first-order valence-corrected chi connectivity index (χ1v) is 6.24. The summed E-state index contributed by atoms with van der Waals surface area (Å²) in [5, 5.41) is 3.37. The topological polar surface area (TPSA) is 49.4 Å². The van der Waals surface area contributed by atoms with Gasteiger partial charge in [0.1, 0.15) is 0 Å². The Morgan fingerprint density at radius 2 is 2.28 bits per heavy atom. The summed E-state index contributed by atoms with van der Waals surface area (Å²) in [5.41, 5.74) is 1.09. The zero-order valence-corrected chi connectivity index (χ0v) is 10.9. The summed E-state index contributed by atoms with van der Waals surface area (Å²) < 4.78 is 0. The van der Waals surface area contributed by atoms with Crippen LogP contribution in [0.5, 0.6) is 0 Å². The summed E-state index contributed by atoms with van der Waals surface area (Å²) in [4.78, 5) is 24.4. The Morgan fingerprint density at radius 3 is 2.89 bits per heavy atom. The number of nitrogens with one attached hydrogen (secondary N) is 1. The first kappa shape index (κ1) is 12.9. The molecule has 1 aliphatic carbocycles. The van der Waals surface area contributed by atoms with Crippen LogP contribution in [0.3, 0.4) is 0 Å². The molecule has 18 heavy (non-hydrogen) atoms. The number of benzene rings is 1. The van der Waals surface area contributed by atoms with Crippen molar-refractivity contribution in [2.75, 3.05) is 18.5 Å². The van der Waals surface area contributed by atoms with Gasteiger partial charge in [0.05, 0.1) is 17.3 Å². The maximum atomic E-state index is 11.7. The van der Waals surface area contributed by atoms with Crippen LogP contribution in [0.25, 0.3) is 0 Å². The zero-order valence-electron chi connectivity index (χ0n) is 10.1. The van der Waals surface area contributed by atoms with Crippen molar-refractivity contribution in [3.8, 4) is 0 Å². The molecule has 0 spiro atoms. The lowest BCUT2D eigenvalue weighted by Crippen LogP contribution is -2.36. The summed E-state index contributed by atoms with van der Waals surface area (Å²) in [6.45, 7) is 0.196. The fraction of sp³-hybridized carbons (Fsp3) is 0.385. The SMILES string of the molecule is CN(CC(=O)NC1CC1)c1c(Cl)cccc1C=O. The molecule has 1 fully saturated rings. The molecule has 1 amide bonds. The Bertz CT molecular complexity index is 472. The fourth-order valence-corrected chi connectivity index (χ4v) is 2.15. The van der Waals surface area contributed by atoms with Gasteiger partial charge in [-0.15, -0.1) is 0 Å². The molecule has 0 unspecified atom stereocenters. The Labute approximate surface area is 111 Å². The molecule has 0 aliphatic heterocycles. The predicted molar refractivity (Wildman–Crippen MR) is 71.3 cm³/mol. The minimum Gasteiger partial charge on any atom is -0.364 e. The molecule has 0 saturated heterocycles. The number of rotatable bonds is 5. The average Bonchev–Trinajstić information content (AvgIpc) is 3.11. The summed E-state index contributed by atoms with van der Waals surface area (Å²) in [6.07, 6.45) is 2.86. The molecule has 4 nitrogen and oxygen atoms in total. The van der Waals surface area contributed by atoms with Crippen LogP contribution < -0.4 is 10.2 Å². The summed E-state index contributed by atoms with van der Waals surface area (Å²) >= 11 is 6.07. The van der Waals surface area contributed by atoms with Crippen LogP contribution >= 0.6 is 11.6 Å². The van der Waals surface area contributed by atoms with Gasteiger partial charge >= 0.3 is 0 Å². The second kappa shape index (κ2) is 5.40. The van der Waals surface area contributed by atoms with E-state index in [0.717, 1.165) is 19.1 Å². The molecule has 1 aliphatic rings. The predicted octanol–water partition coefficient (Wildman–Crippen LogP) is 1.87. The zero-order chi connectivity index (χ0) is 13.1.